The second-order valence-electron chi connectivity index (χ2n) is 6.56. The smallest absolute Gasteiger partial charge is 0.329 e. The summed E-state index contributed by atoms with van der Waals surface area (Å²) in [5, 5.41) is 5.20. The van der Waals surface area contributed by atoms with E-state index in [0.29, 0.717) is 18.1 Å². The van der Waals surface area contributed by atoms with Crippen LogP contribution in [0.5, 0.6) is 0 Å². The van der Waals surface area contributed by atoms with Crippen molar-refractivity contribution in [1.29, 1.82) is 0 Å². The second kappa shape index (κ2) is 8.62. The Morgan fingerprint density at radius 3 is 2.68 bits per heavy atom. The Labute approximate surface area is 168 Å². The van der Waals surface area contributed by atoms with E-state index in [0.717, 1.165) is 28.1 Å². The number of thiazole rings is 1. The molecule has 152 valence electrons. The molecule has 1 aromatic carbocycles. The van der Waals surface area contributed by atoms with E-state index in [1.54, 1.807) is 16.7 Å². The Kier molecular flexibility index (Phi) is 6.41. The van der Waals surface area contributed by atoms with Gasteiger partial charge in [0.25, 0.3) is 0 Å². The van der Waals surface area contributed by atoms with Crippen LogP contribution in [0.15, 0.2) is 18.2 Å². The highest BCUT2D eigenvalue weighted by molar-refractivity contribution is 7.18. The van der Waals surface area contributed by atoms with Gasteiger partial charge in [-0.1, -0.05) is 11.6 Å². The van der Waals surface area contributed by atoms with Crippen LogP contribution in [-0.2, 0) is 4.79 Å². The topological polar surface area (TPSA) is 74.3 Å². The lowest BCUT2D eigenvalue weighted by Crippen LogP contribution is -2.47. The van der Waals surface area contributed by atoms with E-state index in [1.807, 2.05) is 28.4 Å². The zero-order valence-corrected chi connectivity index (χ0v) is 16.3. The van der Waals surface area contributed by atoms with Gasteiger partial charge in [-0.25, -0.2) is 9.78 Å². The summed E-state index contributed by atoms with van der Waals surface area (Å²) in [5.41, 5.74) is 0.874. The molecule has 0 radical (unpaired) electrons. The molecule has 0 aliphatic carbocycles. The van der Waals surface area contributed by atoms with Gasteiger partial charge in [0.15, 0.2) is 0 Å². The van der Waals surface area contributed by atoms with E-state index in [-0.39, 0.29) is 12.5 Å². The van der Waals surface area contributed by atoms with E-state index in [4.69, 9.17) is 11.6 Å². The van der Waals surface area contributed by atoms with Gasteiger partial charge in [0.05, 0.1) is 21.8 Å². The van der Waals surface area contributed by atoms with Crippen LogP contribution in [0.3, 0.4) is 0 Å². The maximum absolute atomic E-state index is 12.0. The summed E-state index contributed by atoms with van der Waals surface area (Å²) < 4.78 is 37.2. The largest absolute Gasteiger partial charge is 0.405 e. The third-order valence-corrected chi connectivity index (χ3v) is 5.81. The summed E-state index contributed by atoms with van der Waals surface area (Å²) >= 11 is 7.63. The van der Waals surface area contributed by atoms with E-state index < -0.39 is 24.7 Å². The van der Waals surface area contributed by atoms with Crippen molar-refractivity contribution in [3.63, 3.8) is 0 Å². The maximum Gasteiger partial charge on any atom is 0.405 e. The molecule has 2 N–H and O–H groups in total. The Balaban J connectivity index is 1.45. The molecule has 2 heterocycles. The number of hydrogen-bond acceptors (Lipinski definition) is 5. The van der Waals surface area contributed by atoms with Gasteiger partial charge in [-0.3, -0.25) is 15.0 Å². The summed E-state index contributed by atoms with van der Waals surface area (Å²) in [4.78, 5) is 29.7. The van der Waals surface area contributed by atoms with E-state index in [1.165, 1.54) is 0 Å². The quantitative estimate of drug-likeness (QED) is 0.772. The summed E-state index contributed by atoms with van der Waals surface area (Å²) in [7, 11) is 0. The van der Waals surface area contributed by atoms with Crippen LogP contribution in [0, 0.1) is 0 Å². The number of amides is 3. The van der Waals surface area contributed by atoms with Crippen LogP contribution in [0.4, 0.5) is 18.0 Å². The Bertz CT molecular complexity index is 866. The molecule has 0 spiro atoms. The first-order valence-corrected chi connectivity index (χ1v) is 9.82. The molecule has 1 aliphatic heterocycles. The average Bonchev–Trinajstić information content (AvgIpc) is 3.03. The fourth-order valence-electron chi connectivity index (χ4n) is 3.02. The van der Waals surface area contributed by atoms with Crippen LogP contribution in [-0.4, -0.2) is 54.2 Å². The molecule has 0 bridgehead atoms. The average molecular weight is 435 g/mol. The number of hydrogen-bond donors (Lipinski definition) is 2. The zero-order valence-electron chi connectivity index (χ0n) is 14.7. The van der Waals surface area contributed by atoms with Crippen molar-refractivity contribution < 1.29 is 22.8 Å². The molecular formula is C17H18ClF3N4O2S. The van der Waals surface area contributed by atoms with Gasteiger partial charge in [-0.2, -0.15) is 13.2 Å². The normalized spacial score (nSPS) is 16.3. The number of urea groups is 1. The number of nitrogens with one attached hydrogen (secondary N) is 2. The standard InChI is InChI=1S/C17H18ClF3N4O2S/c18-11-1-2-13-12(7-11)23-15(28-13)10-3-5-25(6-4-10)8-14(26)24-16(27)22-9-17(19,20)21/h1-2,7,10H,3-6,8-9H2,(H2,22,24,26,27). The van der Waals surface area contributed by atoms with Crippen molar-refractivity contribution in [3.05, 3.63) is 28.2 Å². The van der Waals surface area contributed by atoms with E-state index in [9.17, 15) is 22.8 Å². The van der Waals surface area contributed by atoms with Crippen LogP contribution < -0.4 is 10.6 Å². The number of nitrogens with zero attached hydrogens (tertiary/aromatic N) is 2. The monoisotopic (exact) mass is 434 g/mol. The number of likely N-dealkylation sites (tertiary alicyclic amines) is 1. The fourth-order valence-corrected chi connectivity index (χ4v) is 4.31. The van der Waals surface area contributed by atoms with E-state index >= 15 is 0 Å². The second-order valence-corrected chi connectivity index (χ2v) is 8.06. The highest BCUT2D eigenvalue weighted by Crippen LogP contribution is 2.34. The predicted molar refractivity (Wildman–Crippen MR) is 101 cm³/mol. The molecule has 0 unspecified atom stereocenters. The lowest BCUT2D eigenvalue weighted by atomic mass is 9.97. The summed E-state index contributed by atoms with van der Waals surface area (Å²) in [6, 6.07) is 4.46. The number of rotatable bonds is 4. The number of halogens is 4. The molecule has 1 saturated heterocycles. The molecule has 2 aromatic rings. The molecule has 1 aromatic heterocycles. The van der Waals surface area contributed by atoms with Crippen molar-refractivity contribution in [2.75, 3.05) is 26.2 Å². The van der Waals surface area contributed by atoms with E-state index in [2.05, 4.69) is 4.98 Å². The first-order chi connectivity index (χ1) is 13.2. The van der Waals surface area contributed by atoms with Gasteiger partial charge in [0, 0.05) is 10.9 Å². The SMILES string of the molecule is O=C(CN1CCC(c2nc3cc(Cl)ccc3s2)CC1)NC(=O)NCC(F)(F)F. The molecule has 0 atom stereocenters. The van der Waals surface area contributed by atoms with Gasteiger partial charge < -0.3 is 5.32 Å². The third kappa shape index (κ3) is 5.79. The highest BCUT2D eigenvalue weighted by atomic mass is 35.5. The van der Waals surface area contributed by atoms with Crippen LogP contribution in [0.2, 0.25) is 5.02 Å². The van der Waals surface area contributed by atoms with Crippen LogP contribution in [0.25, 0.3) is 10.2 Å². The molecule has 0 saturated carbocycles. The Hall–Kier alpha value is -1.91. The van der Waals surface area contributed by atoms with Crippen molar-refractivity contribution in [2.24, 2.45) is 0 Å². The number of imide groups is 1. The Morgan fingerprint density at radius 2 is 2.00 bits per heavy atom. The molecular weight excluding hydrogens is 417 g/mol. The first-order valence-electron chi connectivity index (χ1n) is 8.62. The zero-order chi connectivity index (χ0) is 20.3. The molecule has 11 heteroatoms. The van der Waals surface area contributed by atoms with Gasteiger partial charge in [-0.05, 0) is 44.1 Å². The molecule has 1 fully saturated rings. The van der Waals surface area contributed by atoms with Crippen LogP contribution >= 0.6 is 22.9 Å². The van der Waals surface area contributed by atoms with Gasteiger partial charge in [-0.15, -0.1) is 11.3 Å². The number of carbonyl (C=O) groups is 2. The number of alkyl halides is 3. The molecule has 28 heavy (non-hydrogen) atoms. The van der Waals surface area contributed by atoms with Crippen molar-refractivity contribution in [3.8, 4) is 0 Å². The van der Waals surface area contributed by atoms with Gasteiger partial charge in [0.2, 0.25) is 5.91 Å². The third-order valence-electron chi connectivity index (χ3n) is 4.37. The minimum absolute atomic E-state index is 0.0401. The van der Waals surface area contributed by atoms with Crippen molar-refractivity contribution in [1.82, 2.24) is 20.5 Å². The van der Waals surface area contributed by atoms with Gasteiger partial charge >= 0.3 is 12.2 Å². The Morgan fingerprint density at radius 1 is 1.29 bits per heavy atom. The minimum atomic E-state index is -4.52. The van der Waals surface area contributed by atoms with Crippen LogP contribution in [0.1, 0.15) is 23.8 Å². The lowest BCUT2D eigenvalue weighted by Gasteiger charge is -2.30. The fraction of sp³-hybridized carbons (Fsp3) is 0.471. The summed E-state index contributed by atoms with van der Waals surface area (Å²) in [5.74, 6) is -0.349. The highest BCUT2D eigenvalue weighted by Gasteiger charge is 2.28. The number of benzene rings is 1. The van der Waals surface area contributed by atoms with Crippen molar-refractivity contribution >= 4 is 45.1 Å². The predicted octanol–water partition coefficient (Wildman–Crippen LogP) is 3.52. The summed E-state index contributed by atoms with van der Waals surface area (Å²) in [6.07, 6.45) is -2.91. The lowest BCUT2D eigenvalue weighted by molar-refractivity contribution is -0.125. The minimum Gasteiger partial charge on any atom is -0.329 e. The summed E-state index contributed by atoms with van der Waals surface area (Å²) in [6.45, 7) is -0.246. The number of piperidine rings is 1. The number of fused-ring (bicyclic) bond motifs is 1. The molecule has 1 aliphatic rings. The molecule has 3 rings (SSSR count). The molecule has 3 amide bonds. The number of carbonyl (C=O) groups excluding carboxylic acids is 2. The first kappa shape index (κ1) is 20.8. The number of aromatic nitrogens is 1. The molecule has 6 nitrogen and oxygen atoms in total. The van der Waals surface area contributed by atoms with Gasteiger partial charge in [0.1, 0.15) is 6.54 Å². The maximum atomic E-state index is 12.0. The van der Waals surface area contributed by atoms with Crippen molar-refractivity contribution in [2.45, 2.75) is 24.9 Å².